The third-order valence-corrected chi connectivity index (χ3v) is 3.19. The molecule has 1 amide bonds. The minimum Gasteiger partial charge on any atom is -0.348 e. The van der Waals surface area contributed by atoms with E-state index >= 15 is 0 Å². The van der Waals surface area contributed by atoms with Crippen molar-refractivity contribution in [2.45, 2.75) is 6.54 Å². The van der Waals surface area contributed by atoms with Crippen LogP contribution in [-0.4, -0.2) is 34.2 Å². The first-order chi connectivity index (χ1) is 9.83. The van der Waals surface area contributed by atoms with Gasteiger partial charge in [0.05, 0.1) is 12.5 Å². The highest BCUT2D eigenvalue weighted by molar-refractivity contribution is 5.79. The molecular weight excluding hydrogens is 256 g/mol. The number of hydrogen-bond donors (Lipinski definition) is 4. The van der Waals surface area contributed by atoms with E-state index in [-0.39, 0.29) is 11.8 Å². The number of rotatable bonds is 4. The Balaban J connectivity index is 1.59. The maximum atomic E-state index is 11.8. The van der Waals surface area contributed by atoms with Crippen LogP contribution in [0.15, 0.2) is 30.3 Å². The Labute approximate surface area is 116 Å². The third-order valence-electron chi connectivity index (χ3n) is 3.19. The zero-order valence-corrected chi connectivity index (χ0v) is 10.9. The molecule has 0 aliphatic carbocycles. The van der Waals surface area contributed by atoms with Crippen LogP contribution in [0.3, 0.4) is 0 Å². The smallest absolute Gasteiger partial charge is 0.226 e. The Morgan fingerprint density at radius 1 is 1.25 bits per heavy atom. The molecule has 0 unspecified atom stereocenters. The summed E-state index contributed by atoms with van der Waals surface area (Å²) in [6.45, 7) is 1.66. The van der Waals surface area contributed by atoms with Gasteiger partial charge in [-0.1, -0.05) is 30.3 Å². The van der Waals surface area contributed by atoms with Crippen molar-refractivity contribution in [3.8, 4) is 11.4 Å². The van der Waals surface area contributed by atoms with Gasteiger partial charge >= 0.3 is 0 Å². The number of hydrazine groups is 1. The number of nitrogens with zero attached hydrogens (tertiary/aromatic N) is 2. The van der Waals surface area contributed by atoms with Crippen LogP contribution in [0.1, 0.15) is 5.82 Å². The van der Waals surface area contributed by atoms with Crippen molar-refractivity contribution in [1.82, 2.24) is 31.3 Å². The van der Waals surface area contributed by atoms with Crippen LogP contribution in [0.4, 0.5) is 0 Å². The lowest BCUT2D eigenvalue weighted by molar-refractivity contribution is -0.124. The molecule has 7 nitrogen and oxygen atoms in total. The molecule has 2 heterocycles. The first kappa shape index (κ1) is 12.8. The molecule has 0 atom stereocenters. The Bertz CT molecular complexity index is 576. The zero-order valence-electron chi connectivity index (χ0n) is 10.9. The van der Waals surface area contributed by atoms with Gasteiger partial charge < -0.3 is 5.32 Å². The summed E-state index contributed by atoms with van der Waals surface area (Å²) in [5.41, 5.74) is 6.81. The van der Waals surface area contributed by atoms with Gasteiger partial charge in [-0.25, -0.2) is 4.98 Å². The van der Waals surface area contributed by atoms with Gasteiger partial charge in [0, 0.05) is 18.7 Å². The molecule has 3 rings (SSSR count). The fourth-order valence-electron chi connectivity index (χ4n) is 2.05. The number of carbonyl (C=O) groups excluding carboxylic acids is 1. The summed E-state index contributed by atoms with van der Waals surface area (Å²) in [5, 5.41) is 9.85. The number of benzene rings is 1. The number of aromatic nitrogens is 3. The van der Waals surface area contributed by atoms with Crippen molar-refractivity contribution >= 4 is 5.91 Å². The van der Waals surface area contributed by atoms with Gasteiger partial charge in [0.25, 0.3) is 0 Å². The van der Waals surface area contributed by atoms with Crippen molar-refractivity contribution in [2.24, 2.45) is 5.92 Å². The fraction of sp³-hybridized carbons (Fsp3) is 0.308. The molecule has 0 radical (unpaired) electrons. The van der Waals surface area contributed by atoms with Crippen LogP contribution in [-0.2, 0) is 11.3 Å². The van der Waals surface area contributed by atoms with Crippen LogP contribution in [0.5, 0.6) is 0 Å². The highest BCUT2D eigenvalue weighted by atomic mass is 16.2. The zero-order chi connectivity index (χ0) is 13.8. The van der Waals surface area contributed by atoms with E-state index in [1.165, 1.54) is 0 Å². The first-order valence-electron chi connectivity index (χ1n) is 6.53. The lowest BCUT2D eigenvalue weighted by Crippen LogP contribution is -2.33. The summed E-state index contributed by atoms with van der Waals surface area (Å²) in [6.07, 6.45) is 0. The van der Waals surface area contributed by atoms with Crippen molar-refractivity contribution < 1.29 is 4.79 Å². The van der Waals surface area contributed by atoms with Gasteiger partial charge in [0.2, 0.25) is 5.91 Å². The van der Waals surface area contributed by atoms with Gasteiger partial charge in [-0.05, 0) is 0 Å². The molecule has 0 saturated carbocycles. The number of H-pyrrole nitrogens is 1. The lowest BCUT2D eigenvalue weighted by atomic mass is 10.1. The molecule has 1 fully saturated rings. The summed E-state index contributed by atoms with van der Waals surface area (Å²) < 4.78 is 0. The average molecular weight is 272 g/mol. The predicted molar refractivity (Wildman–Crippen MR) is 73.2 cm³/mol. The lowest BCUT2D eigenvalue weighted by Gasteiger charge is -2.07. The fourth-order valence-corrected chi connectivity index (χ4v) is 2.05. The molecule has 1 aliphatic heterocycles. The SMILES string of the molecule is O=C(NCc1nc(-c2ccccc2)n[nH]1)C1CNNC1. The standard InChI is InChI=1S/C13H16N6O/c20-13(10-6-15-16-7-10)14-8-11-17-12(19-18-11)9-4-2-1-3-5-9/h1-5,10,15-16H,6-8H2,(H,14,20)(H,17,18,19). The Morgan fingerprint density at radius 3 is 2.75 bits per heavy atom. The predicted octanol–water partition coefficient (Wildman–Crippen LogP) is -0.188. The quantitative estimate of drug-likeness (QED) is 0.619. The number of hydrogen-bond acceptors (Lipinski definition) is 5. The van der Waals surface area contributed by atoms with Gasteiger partial charge in [-0.15, -0.1) is 0 Å². The van der Waals surface area contributed by atoms with Crippen molar-refractivity contribution in [2.75, 3.05) is 13.1 Å². The van der Waals surface area contributed by atoms with Crippen molar-refractivity contribution in [3.63, 3.8) is 0 Å². The van der Waals surface area contributed by atoms with E-state index in [4.69, 9.17) is 0 Å². The summed E-state index contributed by atoms with van der Waals surface area (Å²) in [4.78, 5) is 16.2. The Kier molecular flexibility index (Phi) is 3.71. The normalized spacial score (nSPS) is 15.4. The minimum absolute atomic E-state index is 0.0140. The first-order valence-corrected chi connectivity index (χ1v) is 6.53. The van der Waals surface area contributed by atoms with Gasteiger partial charge in [-0.2, -0.15) is 5.10 Å². The van der Waals surface area contributed by atoms with Crippen molar-refractivity contribution in [3.05, 3.63) is 36.2 Å². The van der Waals surface area contributed by atoms with Gasteiger partial charge in [0.15, 0.2) is 5.82 Å². The molecule has 0 bridgehead atoms. The van der Waals surface area contributed by atoms with E-state index in [0.717, 1.165) is 5.56 Å². The van der Waals surface area contributed by atoms with Crippen molar-refractivity contribution in [1.29, 1.82) is 0 Å². The highest BCUT2D eigenvalue weighted by Gasteiger charge is 2.22. The van der Waals surface area contributed by atoms with Gasteiger partial charge in [0.1, 0.15) is 5.82 Å². The summed E-state index contributed by atoms with van der Waals surface area (Å²) in [5.74, 6) is 1.27. The average Bonchev–Trinajstić information content (AvgIpc) is 3.17. The molecule has 1 aromatic heterocycles. The van der Waals surface area contributed by atoms with E-state index in [0.29, 0.717) is 31.3 Å². The van der Waals surface area contributed by atoms with E-state index < -0.39 is 0 Å². The second-order valence-electron chi connectivity index (χ2n) is 4.65. The van der Waals surface area contributed by atoms with E-state index in [9.17, 15) is 4.79 Å². The van der Waals surface area contributed by atoms with Gasteiger partial charge in [-0.3, -0.25) is 20.7 Å². The van der Waals surface area contributed by atoms with Crippen LogP contribution >= 0.6 is 0 Å². The second-order valence-corrected chi connectivity index (χ2v) is 4.65. The van der Waals surface area contributed by atoms with Crippen LogP contribution in [0.2, 0.25) is 0 Å². The Hall–Kier alpha value is -2.25. The molecular formula is C13H16N6O. The summed E-state index contributed by atoms with van der Waals surface area (Å²) in [7, 11) is 0. The van der Waals surface area contributed by atoms with E-state index in [2.05, 4.69) is 31.3 Å². The summed E-state index contributed by atoms with van der Waals surface area (Å²) in [6, 6.07) is 9.71. The van der Waals surface area contributed by atoms with Crippen LogP contribution < -0.4 is 16.2 Å². The number of carbonyl (C=O) groups is 1. The molecule has 7 heteroatoms. The highest BCUT2D eigenvalue weighted by Crippen LogP contribution is 2.13. The molecule has 1 aromatic carbocycles. The monoisotopic (exact) mass is 272 g/mol. The minimum atomic E-state index is -0.0356. The molecule has 104 valence electrons. The number of amides is 1. The summed E-state index contributed by atoms with van der Waals surface area (Å²) >= 11 is 0. The number of aromatic amines is 1. The maximum absolute atomic E-state index is 11.8. The molecule has 0 spiro atoms. The van der Waals surface area contributed by atoms with Crippen LogP contribution in [0.25, 0.3) is 11.4 Å². The molecule has 2 aromatic rings. The van der Waals surface area contributed by atoms with E-state index in [1.807, 2.05) is 30.3 Å². The maximum Gasteiger partial charge on any atom is 0.226 e. The molecule has 20 heavy (non-hydrogen) atoms. The van der Waals surface area contributed by atoms with Crippen LogP contribution in [0, 0.1) is 5.92 Å². The molecule has 1 aliphatic rings. The second kappa shape index (κ2) is 5.81. The van der Waals surface area contributed by atoms with E-state index in [1.54, 1.807) is 0 Å². The molecule has 1 saturated heterocycles. The topological polar surface area (TPSA) is 94.7 Å². The largest absolute Gasteiger partial charge is 0.348 e. The molecule has 4 N–H and O–H groups in total. The third kappa shape index (κ3) is 2.84. The number of nitrogens with one attached hydrogen (secondary N) is 4. The Morgan fingerprint density at radius 2 is 2.00 bits per heavy atom.